The molecule has 1 aliphatic rings. The number of fused-ring (bicyclic) bond motifs is 2. The second kappa shape index (κ2) is 8.14. The number of nitrogens with zero attached hydrogens (tertiary/aromatic N) is 3. The van der Waals surface area contributed by atoms with Gasteiger partial charge < -0.3 is 29.6 Å². The molecule has 0 radical (unpaired) electrons. The van der Waals surface area contributed by atoms with Crippen molar-refractivity contribution in [2.75, 3.05) is 45.6 Å². The molecular weight excluding hydrogens is 384 g/mol. The first-order valence-corrected chi connectivity index (χ1v) is 9.76. The number of methoxy groups -OCH3 is 4. The highest BCUT2D eigenvalue weighted by molar-refractivity contribution is 5.91. The minimum Gasteiger partial charge on any atom is -0.493 e. The Kier molecular flexibility index (Phi) is 5.39. The van der Waals surface area contributed by atoms with Gasteiger partial charge in [0.05, 0.1) is 34.0 Å². The van der Waals surface area contributed by atoms with Crippen molar-refractivity contribution in [3.8, 4) is 23.0 Å². The second-order valence-electron chi connectivity index (χ2n) is 7.13. The Bertz CT molecular complexity index is 1090. The van der Waals surface area contributed by atoms with Crippen molar-refractivity contribution >= 4 is 22.7 Å². The second-order valence-corrected chi connectivity index (χ2v) is 7.13. The Hall–Kier alpha value is -3.42. The Morgan fingerprint density at radius 2 is 1.40 bits per heavy atom. The minimum atomic E-state index is 0.410. The molecule has 0 saturated heterocycles. The van der Waals surface area contributed by atoms with E-state index in [1.165, 1.54) is 11.1 Å². The Morgan fingerprint density at radius 1 is 0.800 bits per heavy atom. The summed E-state index contributed by atoms with van der Waals surface area (Å²) in [7, 11) is 6.49. The molecule has 0 aliphatic carbocycles. The maximum Gasteiger partial charge on any atom is 0.228 e. The molecule has 4 rings (SSSR count). The van der Waals surface area contributed by atoms with Crippen LogP contribution in [0.1, 0.15) is 17.5 Å². The average Bonchev–Trinajstić information content (AvgIpc) is 2.98. The van der Waals surface area contributed by atoms with E-state index in [1.54, 1.807) is 28.4 Å². The normalized spacial score (nSPS) is 13.5. The molecule has 0 saturated carbocycles. The van der Waals surface area contributed by atoms with Gasteiger partial charge >= 0.3 is 0 Å². The van der Waals surface area contributed by atoms with Crippen molar-refractivity contribution in [2.24, 2.45) is 0 Å². The van der Waals surface area contributed by atoms with Crippen molar-refractivity contribution in [3.63, 3.8) is 0 Å². The summed E-state index contributed by atoms with van der Waals surface area (Å²) in [6.07, 6.45) is 1.91. The highest BCUT2D eigenvalue weighted by Gasteiger charge is 2.21. The van der Waals surface area contributed by atoms with Crippen LogP contribution in [0.5, 0.6) is 23.0 Å². The summed E-state index contributed by atoms with van der Waals surface area (Å²) in [6, 6.07) is 7.73. The van der Waals surface area contributed by atoms with E-state index >= 15 is 0 Å². The summed E-state index contributed by atoms with van der Waals surface area (Å²) < 4.78 is 21.7. The van der Waals surface area contributed by atoms with Gasteiger partial charge in [0.2, 0.25) is 5.95 Å². The van der Waals surface area contributed by atoms with Gasteiger partial charge in [0.25, 0.3) is 0 Å². The van der Waals surface area contributed by atoms with Crippen LogP contribution in [-0.2, 0) is 13.0 Å². The van der Waals surface area contributed by atoms with Crippen LogP contribution in [0.15, 0.2) is 24.3 Å². The number of anilines is 2. The number of ether oxygens (including phenoxy) is 4. The monoisotopic (exact) mass is 410 g/mol. The third-order valence-electron chi connectivity index (χ3n) is 5.44. The fourth-order valence-electron chi connectivity index (χ4n) is 3.87. The van der Waals surface area contributed by atoms with Gasteiger partial charge in [-0.25, -0.2) is 4.98 Å². The number of aryl methyl sites for hydroxylation is 1. The molecule has 0 unspecified atom stereocenters. The van der Waals surface area contributed by atoms with Gasteiger partial charge in [-0.1, -0.05) is 0 Å². The van der Waals surface area contributed by atoms with Crippen LogP contribution >= 0.6 is 0 Å². The third-order valence-corrected chi connectivity index (χ3v) is 5.44. The number of rotatable bonds is 5. The van der Waals surface area contributed by atoms with Gasteiger partial charge in [-0.2, -0.15) is 4.98 Å². The number of hydrogen-bond acceptors (Lipinski definition) is 8. The fraction of sp³-hybridized carbons (Fsp3) is 0.364. The molecule has 8 heteroatoms. The van der Waals surface area contributed by atoms with Crippen molar-refractivity contribution in [2.45, 2.75) is 19.4 Å². The zero-order valence-electron chi connectivity index (χ0n) is 17.7. The van der Waals surface area contributed by atoms with Crippen molar-refractivity contribution < 1.29 is 18.9 Å². The lowest BCUT2D eigenvalue weighted by molar-refractivity contribution is 0.354. The number of aromatic nitrogens is 2. The van der Waals surface area contributed by atoms with Crippen LogP contribution in [0, 0.1) is 0 Å². The quantitative estimate of drug-likeness (QED) is 0.686. The molecule has 2 heterocycles. The van der Waals surface area contributed by atoms with Crippen molar-refractivity contribution in [1.29, 1.82) is 0 Å². The van der Waals surface area contributed by atoms with Gasteiger partial charge in [0.15, 0.2) is 23.0 Å². The third kappa shape index (κ3) is 3.49. The predicted octanol–water partition coefficient (Wildman–Crippen LogP) is 3.20. The Labute approximate surface area is 175 Å². The molecule has 0 fully saturated rings. The minimum absolute atomic E-state index is 0.410. The highest BCUT2D eigenvalue weighted by Crippen LogP contribution is 2.36. The van der Waals surface area contributed by atoms with E-state index in [-0.39, 0.29) is 0 Å². The summed E-state index contributed by atoms with van der Waals surface area (Å²) in [5.74, 6) is 3.67. The molecule has 158 valence electrons. The van der Waals surface area contributed by atoms with E-state index in [0.717, 1.165) is 30.5 Å². The lowest BCUT2D eigenvalue weighted by Gasteiger charge is -2.22. The average molecular weight is 410 g/mol. The van der Waals surface area contributed by atoms with Crippen LogP contribution < -0.4 is 29.6 Å². The predicted molar refractivity (Wildman–Crippen MR) is 116 cm³/mol. The largest absolute Gasteiger partial charge is 0.493 e. The molecule has 2 N–H and O–H groups in total. The topological polar surface area (TPSA) is 92.0 Å². The number of nitrogens with two attached hydrogens (primary N) is 1. The van der Waals surface area contributed by atoms with Crippen molar-refractivity contribution in [1.82, 2.24) is 9.97 Å². The van der Waals surface area contributed by atoms with E-state index in [1.807, 2.05) is 18.2 Å². The first-order chi connectivity index (χ1) is 14.6. The molecule has 0 amide bonds. The van der Waals surface area contributed by atoms with Crippen molar-refractivity contribution in [3.05, 3.63) is 35.4 Å². The first-order valence-electron chi connectivity index (χ1n) is 9.76. The molecule has 3 aromatic rings. The summed E-state index contributed by atoms with van der Waals surface area (Å²) in [4.78, 5) is 11.5. The van der Waals surface area contributed by atoms with E-state index in [0.29, 0.717) is 41.1 Å². The number of nitrogen functional groups attached to an aromatic ring is 1. The van der Waals surface area contributed by atoms with Gasteiger partial charge in [-0.15, -0.1) is 0 Å². The van der Waals surface area contributed by atoms with E-state index in [2.05, 4.69) is 16.0 Å². The molecule has 1 aromatic heterocycles. The Balaban J connectivity index is 1.75. The lowest BCUT2D eigenvalue weighted by atomic mass is 10.0. The number of hydrogen-bond donors (Lipinski definition) is 1. The smallest absolute Gasteiger partial charge is 0.228 e. The van der Waals surface area contributed by atoms with Crippen LogP contribution in [0.3, 0.4) is 0 Å². The van der Waals surface area contributed by atoms with Gasteiger partial charge in [-0.05, 0) is 42.2 Å². The molecule has 2 aromatic carbocycles. The van der Waals surface area contributed by atoms with E-state index < -0.39 is 0 Å². The van der Waals surface area contributed by atoms with Gasteiger partial charge in [-0.3, -0.25) is 0 Å². The molecule has 0 bridgehead atoms. The first kappa shape index (κ1) is 19.9. The standard InChI is InChI=1S/C22H26N4O4/c1-27-17-8-13-6-5-7-26(12-14(13)9-18(17)28-2)22-24-16-11-20(30-4)19(29-3)10-15(16)21(23)25-22/h8-11H,5-7,12H2,1-4H3,(H2,23,24,25). The zero-order valence-corrected chi connectivity index (χ0v) is 17.7. The van der Waals surface area contributed by atoms with Gasteiger partial charge in [0.1, 0.15) is 5.82 Å². The molecule has 8 nitrogen and oxygen atoms in total. The summed E-state index contributed by atoms with van der Waals surface area (Å²) in [5, 5.41) is 0.734. The van der Waals surface area contributed by atoms with Crippen LogP contribution in [0.25, 0.3) is 10.9 Å². The number of benzene rings is 2. The SMILES string of the molecule is COc1cc2c(cc1OC)CN(c1nc(N)c3cc(OC)c(OC)cc3n1)CCC2. The summed E-state index contributed by atoms with van der Waals surface area (Å²) in [5.41, 5.74) is 9.41. The molecule has 0 spiro atoms. The summed E-state index contributed by atoms with van der Waals surface area (Å²) >= 11 is 0. The van der Waals surface area contributed by atoms with E-state index in [9.17, 15) is 0 Å². The molecule has 30 heavy (non-hydrogen) atoms. The summed E-state index contributed by atoms with van der Waals surface area (Å²) in [6.45, 7) is 1.48. The Morgan fingerprint density at radius 3 is 2.07 bits per heavy atom. The maximum absolute atomic E-state index is 6.29. The molecular formula is C22H26N4O4. The highest BCUT2D eigenvalue weighted by atomic mass is 16.5. The lowest BCUT2D eigenvalue weighted by Crippen LogP contribution is -2.25. The van der Waals surface area contributed by atoms with E-state index in [4.69, 9.17) is 29.7 Å². The zero-order chi connectivity index (χ0) is 21.3. The van der Waals surface area contributed by atoms with Gasteiger partial charge in [0, 0.05) is 24.5 Å². The fourth-order valence-corrected chi connectivity index (χ4v) is 3.87. The molecule has 1 aliphatic heterocycles. The van der Waals surface area contributed by atoms with Crippen LogP contribution in [0.2, 0.25) is 0 Å². The van der Waals surface area contributed by atoms with Crippen LogP contribution in [-0.4, -0.2) is 45.0 Å². The molecule has 0 atom stereocenters. The van der Waals surface area contributed by atoms with Crippen LogP contribution in [0.4, 0.5) is 11.8 Å². The maximum atomic E-state index is 6.29.